The highest BCUT2D eigenvalue weighted by Gasteiger charge is 2.17. The summed E-state index contributed by atoms with van der Waals surface area (Å²) in [7, 11) is 1.69. The monoisotopic (exact) mass is 479 g/mol. The third-order valence-electron chi connectivity index (χ3n) is 4.83. The van der Waals surface area contributed by atoms with Gasteiger partial charge in [0.1, 0.15) is 11.6 Å². The molecule has 10 heteroatoms. The Hall–Kier alpha value is -4.05. The van der Waals surface area contributed by atoms with Crippen LogP contribution in [0.2, 0.25) is 0 Å². The highest BCUT2D eigenvalue weighted by molar-refractivity contribution is 7.99. The van der Waals surface area contributed by atoms with Gasteiger partial charge in [0.15, 0.2) is 11.0 Å². The molecule has 1 aromatic heterocycles. The van der Waals surface area contributed by atoms with E-state index in [1.54, 1.807) is 54.1 Å². The van der Waals surface area contributed by atoms with Crippen molar-refractivity contribution in [1.29, 1.82) is 0 Å². The molecule has 2 amide bonds. The number of para-hydroxylation sites is 1. The van der Waals surface area contributed by atoms with Crippen molar-refractivity contribution in [3.8, 4) is 11.4 Å². The van der Waals surface area contributed by atoms with Crippen LogP contribution in [-0.2, 0) is 11.8 Å². The van der Waals surface area contributed by atoms with Gasteiger partial charge in [0.05, 0.1) is 22.6 Å². The second-order valence-corrected chi connectivity index (χ2v) is 8.13. The number of anilines is 2. The van der Waals surface area contributed by atoms with E-state index in [0.717, 1.165) is 11.8 Å². The van der Waals surface area contributed by atoms with E-state index >= 15 is 0 Å². The molecule has 0 aliphatic rings. The normalized spacial score (nSPS) is 10.7. The van der Waals surface area contributed by atoms with Gasteiger partial charge in [0.25, 0.3) is 5.91 Å². The maximum absolute atomic E-state index is 14.1. The third kappa shape index (κ3) is 5.29. The highest BCUT2D eigenvalue weighted by Crippen LogP contribution is 2.25. The van der Waals surface area contributed by atoms with Gasteiger partial charge in [-0.1, -0.05) is 36.0 Å². The Morgan fingerprint density at radius 2 is 1.62 bits per heavy atom. The molecule has 34 heavy (non-hydrogen) atoms. The lowest BCUT2D eigenvalue weighted by atomic mass is 10.1. The zero-order chi connectivity index (χ0) is 24.1. The van der Waals surface area contributed by atoms with E-state index in [2.05, 4.69) is 20.8 Å². The molecule has 4 rings (SSSR count). The van der Waals surface area contributed by atoms with E-state index in [0.29, 0.717) is 27.9 Å². The quantitative estimate of drug-likeness (QED) is 0.374. The number of aromatic nitrogens is 3. The SMILES string of the molecule is Cn1c(SCC(=O)Nc2ccccc2C(=O)Nc2ccc(F)cc2)nnc1-c1ccccc1F. The molecule has 7 nitrogen and oxygen atoms in total. The first-order valence-electron chi connectivity index (χ1n) is 10.2. The Balaban J connectivity index is 1.41. The molecule has 1 heterocycles. The van der Waals surface area contributed by atoms with Gasteiger partial charge in [-0.3, -0.25) is 9.59 Å². The third-order valence-corrected chi connectivity index (χ3v) is 5.85. The van der Waals surface area contributed by atoms with Crippen LogP contribution in [0, 0.1) is 11.6 Å². The number of rotatable bonds is 7. The summed E-state index contributed by atoms with van der Waals surface area (Å²) in [4.78, 5) is 25.3. The van der Waals surface area contributed by atoms with Gasteiger partial charge in [-0.05, 0) is 48.5 Å². The number of carbonyl (C=O) groups is 2. The number of hydrogen-bond donors (Lipinski definition) is 2. The summed E-state index contributed by atoms with van der Waals surface area (Å²) >= 11 is 1.13. The van der Waals surface area contributed by atoms with Gasteiger partial charge >= 0.3 is 0 Å². The van der Waals surface area contributed by atoms with Crippen molar-refractivity contribution in [2.75, 3.05) is 16.4 Å². The number of nitrogens with zero attached hydrogens (tertiary/aromatic N) is 3. The zero-order valence-electron chi connectivity index (χ0n) is 18.0. The van der Waals surface area contributed by atoms with Gasteiger partial charge in [-0.2, -0.15) is 0 Å². The number of carbonyl (C=O) groups excluding carboxylic acids is 2. The van der Waals surface area contributed by atoms with E-state index in [-0.39, 0.29) is 17.2 Å². The number of amides is 2. The molecule has 0 aliphatic heterocycles. The minimum Gasteiger partial charge on any atom is -0.325 e. The molecule has 0 spiro atoms. The van der Waals surface area contributed by atoms with Gasteiger partial charge in [0, 0.05) is 12.7 Å². The Morgan fingerprint density at radius 1 is 0.912 bits per heavy atom. The van der Waals surface area contributed by atoms with Crippen LogP contribution in [0.15, 0.2) is 78.0 Å². The average Bonchev–Trinajstić information content (AvgIpc) is 3.20. The highest BCUT2D eigenvalue weighted by atomic mass is 32.2. The molecule has 2 N–H and O–H groups in total. The predicted molar refractivity (Wildman–Crippen MR) is 127 cm³/mol. The summed E-state index contributed by atoms with van der Waals surface area (Å²) in [5.41, 5.74) is 1.33. The van der Waals surface area contributed by atoms with Gasteiger partial charge < -0.3 is 15.2 Å². The first kappa shape index (κ1) is 23.1. The van der Waals surface area contributed by atoms with E-state index in [1.807, 2.05) is 0 Å². The van der Waals surface area contributed by atoms with E-state index < -0.39 is 17.5 Å². The van der Waals surface area contributed by atoms with Crippen LogP contribution in [0.25, 0.3) is 11.4 Å². The van der Waals surface area contributed by atoms with Crippen molar-refractivity contribution < 1.29 is 18.4 Å². The minimum absolute atomic E-state index is 0.00282. The summed E-state index contributed by atoms with van der Waals surface area (Å²) in [5.74, 6) is -1.28. The fourth-order valence-corrected chi connectivity index (χ4v) is 3.87. The first-order valence-corrected chi connectivity index (χ1v) is 11.1. The topological polar surface area (TPSA) is 88.9 Å². The van der Waals surface area contributed by atoms with Crippen LogP contribution < -0.4 is 10.6 Å². The predicted octanol–water partition coefficient (Wildman–Crippen LogP) is 4.74. The molecule has 0 radical (unpaired) electrons. The van der Waals surface area contributed by atoms with Crippen LogP contribution in [0.1, 0.15) is 10.4 Å². The molecule has 0 atom stereocenters. The number of hydrogen-bond acceptors (Lipinski definition) is 5. The van der Waals surface area contributed by atoms with E-state index in [4.69, 9.17) is 0 Å². The molecule has 4 aromatic rings. The second-order valence-electron chi connectivity index (χ2n) is 7.19. The van der Waals surface area contributed by atoms with Crippen LogP contribution in [0.4, 0.5) is 20.2 Å². The number of thioether (sulfide) groups is 1. The van der Waals surface area contributed by atoms with Crippen LogP contribution in [0.5, 0.6) is 0 Å². The van der Waals surface area contributed by atoms with Crippen molar-refractivity contribution in [2.24, 2.45) is 7.05 Å². The Morgan fingerprint density at radius 3 is 2.38 bits per heavy atom. The molecule has 0 fully saturated rings. The molecule has 172 valence electrons. The minimum atomic E-state index is -0.446. The molecule has 0 aliphatic carbocycles. The fraction of sp³-hybridized carbons (Fsp3) is 0.0833. The van der Waals surface area contributed by atoms with Crippen LogP contribution in [-0.4, -0.2) is 32.3 Å². The Bertz CT molecular complexity index is 1340. The maximum Gasteiger partial charge on any atom is 0.257 e. The fourth-order valence-electron chi connectivity index (χ4n) is 3.16. The van der Waals surface area contributed by atoms with Crippen LogP contribution >= 0.6 is 11.8 Å². The van der Waals surface area contributed by atoms with Gasteiger partial charge in [-0.15, -0.1) is 10.2 Å². The van der Waals surface area contributed by atoms with Crippen molar-refractivity contribution in [2.45, 2.75) is 5.16 Å². The van der Waals surface area contributed by atoms with E-state index in [1.165, 1.54) is 30.3 Å². The molecule has 3 aromatic carbocycles. The summed E-state index contributed by atoms with van der Waals surface area (Å²) in [6.45, 7) is 0. The van der Waals surface area contributed by atoms with Crippen molar-refractivity contribution in [1.82, 2.24) is 14.8 Å². The molecule has 0 saturated carbocycles. The summed E-state index contributed by atoms with van der Waals surface area (Å²) < 4.78 is 28.8. The zero-order valence-corrected chi connectivity index (χ0v) is 18.8. The largest absolute Gasteiger partial charge is 0.325 e. The van der Waals surface area contributed by atoms with Crippen molar-refractivity contribution in [3.05, 3.63) is 90.0 Å². The van der Waals surface area contributed by atoms with Gasteiger partial charge in [-0.25, -0.2) is 8.78 Å². The van der Waals surface area contributed by atoms with E-state index in [9.17, 15) is 18.4 Å². The summed E-state index contributed by atoms with van der Waals surface area (Å²) in [5, 5.41) is 13.9. The molecule has 0 unspecified atom stereocenters. The van der Waals surface area contributed by atoms with Crippen molar-refractivity contribution in [3.63, 3.8) is 0 Å². The van der Waals surface area contributed by atoms with Crippen molar-refractivity contribution >= 4 is 35.0 Å². The Labute approximate surface area is 198 Å². The second kappa shape index (κ2) is 10.3. The summed E-state index contributed by atoms with van der Waals surface area (Å²) in [6, 6.07) is 18.2. The molecular weight excluding hydrogens is 460 g/mol. The number of benzene rings is 3. The van der Waals surface area contributed by atoms with Crippen LogP contribution in [0.3, 0.4) is 0 Å². The molecule has 0 saturated heterocycles. The Kier molecular flexibility index (Phi) is 6.98. The maximum atomic E-state index is 14.1. The lowest BCUT2D eigenvalue weighted by molar-refractivity contribution is -0.113. The average molecular weight is 480 g/mol. The smallest absolute Gasteiger partial charge is 0.257 e. The lowest BCUT2D eigenvalue weighted by Gasteiger charge is -2.11. The number of halogens is 2. The lowest BCUT2D eigenvalue weighted by Crippen LogP contribution is -2.19. The molecule has 0 bridgehead atoms. The summed E-state index contributed by atoms with van der Waals surface area (Å²) in [6.07, 6.45) is 0. The van der Waals surface area contributed by atoms with Gasteiger partial charge in [0.2, 0.25) is 5.91 Å². The standard InChI is InChI=1S/C24H19F2N5O2S/c1-31-22(17-6-2-4-8-19(17)26)29-30-24(31)34-14-21(32)28-20-9-5-3-7-18(20)23(33)27-16-12-10-15(25)11-13-16/h2-13H,14H2,1H3,(H,27,33)(H,28,32). The molecular formula is C24H19F2N5O2S. The first-order chi connectivity index (χ1) is 16.4. The number of nitrogens with one attached hydrogen (secondary N) is 2.